The molecule has 0 bridgehead atoms. The Morgan fingerprint density at radius 3 is 2.68 bits per heavy atom. The zero-order valence-electron chi connectivity index (χ0n) is 13.1. The highest BCUT2D eigenvalue weighted by Crippen LogP contribution is 2.19. The largest absolute Gasteiger partial charge is 0.368 e. The zero-order chi connectivity index (χ0) is 14.6. The summed E-state index contributed by atoms with van der Waals surface area (Å²) in [6.45, 7) is 7.50. The minimum absolute atomic E-state index is 0.282. The van der Waals surface area contributed by atoms with Crippen LogP contribution in [0.3, 0.4) is 0 Å². The molecule has 1 amide bonds. The molecule has 0 spiro atoms. The van der Waals surface area contributed by atoms with Gasteiger partial charge in [0.1, 0.15) is 0 Å². The van der Waals surface area contributed by atoms with Gasteiger partial charge in [-0.2, -0.15) is 0 Å². The van der Waals surface area contributed by atoms with Crippen molar-refractivity contribution in [2.24, 2.45) is 11.7 Å². The highest BCUT2D eigenvalue weighted by atomic mass is 16.1. The van der Waals surface area contributed by atoms with Gasteiger partial charge >= 0.3 is 0 Å². The van der Waals surface area contributed by atoms with E-state index in [4.69, 9.17) is 5.73 Å². The predicted octanol–water partition coefficient (Wildman–Crippen LogP) is 0.112. The van der Waals surface area contributed by atoms with Crippen LogP contribution in [-0.2, 0) is 4.79 Å². The van der Waals surface area contributed by atoms with Crippen molar-refractivity contribution in [2.45, 2.75) is 38.3 Å². The fraction of sp³-hybridized carbons (Fsp3) is 0.929. The van der Waals surface area contributed by atoms with Gasteiger partial charge in [-0.05, 0) is 60.3 Å². The number of nitrogens with one attached hydrogen (secondary N) is 1. The monoisotopic (exact) mass is 270 g/mol. The maximum atomic E-state index is 11.5. The summed E-state index contributed by atoms with van der Waals surface area (Å²) in [5, 5.41) is 3.05. The van der Waals surface area contributed by atoms with Crippen LogP contribution in [-0.4, -0.2) is 68.1 Å². The SMILES string of the molecule is CNC(C)(CC(C)N(C)CC1CCN(C)C1)C(N)=O. The summed E-state index contributed by atoms with van der Waals surface area (Å²) >= 11 is 0. The number of hydrogen-bond acceptors (Lipinski definition) is 4. The Kier molecular flexibility index (Phi) is 5.77. The number of likely N-dealkylation sites (N-methyl/N-ethyl adjacent to an activating group) is 1. The van der Waals surface area contributed by atoms with Crippen molar-refractivity contribution in [3.8, 4) is 0 Å². The first kappa shape index (κ1) is 16.4. The highest BCUT2D eigenvalue weighted by Gasteiger charge is 2.32. The van der Waals surface area contributed by atoms with Crippen molar-refractivity contribution >= 4 is 5.91 Å². The first-order valence-electron chi connectivity index (χ1n) is 7.16. The number of amides is 1. The third kappa shape index (κ3) is 4.44. The second-order valence-electron chi connectivity index (χ2n) is 6.36. The van der Waals surface area contributed by atoms with Crippen LogP contribution in [0, 0.1) is 5.92 Å². The van der Waals surface area contributed by atoms with E-state index >= 15 is 0 Å². The van der Waals surface area contributed by atoms with Crippen LogP contribution in [0.2, 0.25) is 0 Å². The number of carbonyl (C=O) groups excluding carboxylic acids is 1. The van der Waals surface area contributed by atoms with E-state index in [1.54, 1.807) is 7.05 Å². The molecule has 0 aromatic rings. The van der Waals surface area contributed by atoms with Gasteiger partial charge in [-0.1, -0.05) is 0 Å². The second kappa shape index (κ2) is 6.68. The highest BCUT2D eigenvalue weighted by molar-refractivity contribution is 5.84. The first-order valence-corrected chi connectivity index (χ1v) is 7.16. The number of carbonyl (C=O) groups is 1. The lowest BCUT2D eigenvalue weighted by atomic mass is 9.92. The van der Waals surface area contributed by atoms with Gasteiger partial charge in [0.05, 0.1) is 5.54 Å². The van der Waals surface area contributed by atoms with Crippen LogP contribution in [0.25, 0.3) is 0 Å². The van der Waals surface area contributed by atoms with Gasteiger partial charge in [-0.3, -0.25) is 4.79 Å². The maximum Gasteiger partial charge on any atom is 0.237 e. The third-order valence-corrected chi connectivity index (χ3v) is 4.59. The molecule has 1 heterocycles. The van der Waals surface area contributed by atoms with E-state index < -0.39 is 5.54 Å². The smallest absolute Gasteiger partial charge is 0.237 e. The number of rotatable bonds is 7. The molecule has 0 aromatic carbocycles. The van der Waals surface area contributed by atoms with Crippen molar-refractivity contribution < 1.29 is 4.79 Å². The zero-order valence-corrected chi connectivity index (χ0v) is 13.1. The van der Waals surface area contributed by atoms with Crippen LogP contribution in [0.15, 0.2) is 0 Å². The number of primary amides is 1. The molecule has 0 radical (unpaired) electrons. The van der Waals surface area contributed by atoms with Gasteiger partial charge in [0.15, 0.2) is 0 Å². The lowest BCUT2D eigenvalue weighted by Crippen LogP contribution is -2.55. The third-order valence-electron chi connectivity index (χ3n) is 4.59. The van der Waals surface area contributed by atoms with Crippen LogP contribution < -0.4 is 11.1 Å². The van der Waals surface area contributed by atoms with Gasteiger partial charge in [0.2, 0.25) is 5.91 Å². The van der Waals surface area contributed by atoms with Crippen LogP contribution in [0.5, 0.6) is 0 Å². The van der Waals surface area contributed by atoms with E-state index in [0.29, 0.717) is 6.04 Å². The quantitative estimate of drug-likeness (QED) is 0.689. The molecule has 3 N–H and O–H groups in total. The maximum absolute atomic E-state index is 11.5. The molecule has 1 saturated heterocycles. The molecule has 5 nitrogen and oxygen atoms in total. The second-order valence-corrected chi connectivity index (χ2v) is 6.36. The summed E-state index contributed by atoms with van der Waals surface area (Å²) in [6.07, 6.45) is 2.00. The Bertz CT molecular complexity index is 310. The van der Waals surface area contributed by atoms with Crippen molar-refractivity contribution in [1.82, 2.24) is 15.1 Å². The summed E-state index contributed by atoms with van der Waals surface area (Å²) in [4.78, 5) is 16.3. The van der Waals surface area contributed by atoms with E-state index in [1.807, 2.05) is 6.92 Å². The van der Waals surface area contributed by atoms with Gasteiger partial charge in [-0.15, -0.1) is 0 Å². The van der Waals surface area contributed by atoms with Crippen molar-refractivity contribution in [2.75, 3.05) is 40.8 Å². The first-order chi connectivity index (χ1) is 8.78. The molecule has 0 saturated carbocycles. The minimum atomic E-state index is -0.625. The Labute approximate surface area is 117 Å². The van der Waals surface area contributed by atoms with Gasteiger partial charge in [0, 0.05) is 19.1 Å². The molecule has 1 rings (SSSR count). The molecule has 1 aliphatic rings. The Balaban J connectivity index is 2.48. The summed E-state index contributed by atoms with van der Waals surface area (Å²) in [5.74, 6) is 0.461. The predicted molar refractivity (Wildman–Crippen MR) is 79.0 cm³/mol. The standard InChI is InChI=1S/C14H30N4O/c1-11(8-14(2,16-3)13(15)19)18(5)10-12-6-7-17(4)9-12/h11-12,16H,6-10H2,1-5H3,(H2,15,19). The molecule has 112 valence electrons. The molecule has 3 unspecified atom stereocenters. The molecule has 0 aliphatic carbocycles. The van der Waals surface area contributed by atoms with E-state index in [0.717, 1.165) is 18.9 Å². The molecular weight excluding hydrogens is 240 g/mol. The molecule has 0 aromatic heterocycles. The van der Waals surface area contributed by atoms with Crippen LogP contribution in [0.1, 0.15) is 26.7 Å². The number of nitrogens with zero attached hydrogens (tertiary/aromatic N) is 2. The fourth-order valence-corrected chi connectivity index (χ4v) is 2.84. The lowest BCUT2D eigenvalue weighted by molar-refractivity contribution is -0.124. The Hall–Kier alpha value is -0.650. The van der Waals surface area contributed by atoms with E-state index in [9.17, 15) is 4.79 Å². The van der Waals surface area contributed by atoms with Crippen molar-refractivity contribution in [3.63, 3.8) is 0 Å². The average molecular weight is 270 g/mol. The minimum Gasteiger partial charge on any atom is -0.368 e. The molecule has 1 fully saturated rings. The Morgan fingerprint density at radius 1 is 1.63 bits per heavy atom. The van der Waals surface area contributed by atoms with Gasteiger partial charge in [-0.25, -0.2) is 0 Å². The van der Waals surface area contributed by atoms with E-state index in [-0.39, 0.29) is 5.91 Å². The summed E-state index contributed by atoms with van der Waals surface area (Å²) in [5.41, 5.74) is 4.86. The summed E-state index contributed by atoms with van der Waals surface area (Å²) < 4.78 is 0. The van der Waals surface area contributed by atoms with Crippen molar-refractivity contribution in [3.05, 3.63) is 0 Å². The van der Waals surface area contributed by atoms with Crippen molar-refractivity contribution in [1.29, 1.82) is 0 Å². The van der Waals surface area contributed by atoms with E-state index in [2.05, 4.69) is 36.1 Å². The van der Waals surface area contributed by atoms with Gasteiger partial charge < -0.3 is 20.9 Å². The number of nitrogens with two attached hydrogens (primary N) is 1. The normalized spacial score (nSPS) is 25.5. The number of hydrogen-bond donors (Lipinski definition) is 2. The molecular formula is C14H30N4O. The van der Waals surface area contributed by atoms with Crippen LogP contribution >= 0.6 is 0 Å². The molecule has 1 aliphatic heterocycles. The lowest BCUT2D eigenvalue weighted by Gasteiger charge is -2.34. The summed E-state index contributed by atoms with van der Waals surface area (Å²) in [7, 11) is 6.11. The number of likely N-dealkylation sites (tertiary alicyclic amines) is 1. The topological polar surface area (TPSA) is 61.6 Å². The fourth-order valence-electron chi connectivity index (χ4n) is 2.84. The van der Waals surface area contributed by atoms with Crippen LogP contribution in [0.4, 0.5) is 0 Å². The van der Waals surface area contributed by atoms with Gasteiger partial charge in [0.25, 0.3) is 0 Å². The average Bonchev–Trinajstić information content (AvgIpc) is 2.74. The molecule has 19 heavy (non-hydrogen) atoms. The summed E-state index contributed by atoms with van der Waals surface area (Å²) in [6, 6.07) is 0.329. The molecule has 3 atom stereocenters. The molecule has 5 heteroatoms. The Morgan fingerprint density at radius 2 is 2.26 bits per heavy atom. The van der Waals surface area contributed by atoms with E-state index in [1.165, 1.54) is 19.5 Å².